The van der Waals surface area contributed by atoms with Crippen molar-refractivity contribution in [2.24, 2.45) is 0 Å². The van der Waals surface area contributed by atoms with Gasteiger partial charge in [0.15, 0.2) is 5.65 Å². The van der Waals surface area contributed by atoms with E-state index >= 15 is 0 Å². The van der Waals surface area contributed by atoms with E-state index in [1.807, 2.05) is 30.3 Å². The van der Waals surface area contributed by atoms with Gasteiger partial charge >= 0.3 is 0 Å². The number of carbonyl (C=O) groups excluding carboxylic acids is 1. The number of ether oxygens (including phenoxy) is 2. The Hall–Kier alpha value is -3.85. The number of amides is 1. The molecule has 2 heterocycles. The lowest BCUT2D eigenvalue weighted by molar-refractivity contribution is -0.116. The Bertz CT molecular complexity index is 1330. The number of H-pyrrole nitrogens is 1. The first kappa shape index (κ1) is 21.4. The third-order valence-electron chi connectivity index (χ3n) is 4.82. The maximum atomic E-state index is 12.5. The van der Waals surface area contributed by atoms with Gasteiger partial charge in [-0.3, -0.25) is 9.59 Å². The molecule has 4 aromatic rings. The van der Waals surface area contributed by atoms with Crippen molar-refractivity contribution in [3.05, 3.63) is 69.9 Å². The number of carbonyl (C=O) groups is 1. The first-order chi connectivity index (χ1) is 15.5. The predicted octanol–water partition coefficient (Wildman–Crippen LogP) is 3.35. The van der Waals surface area contributed by atoms with E-state index in [0.717, 1.165) is 5.69 Å². The van der Waals surface area contributed by atoms with E-state index in [1.165, 1.54) is 20.4 Å². The van der Waals surface area contributed by atoms with Crippen LogP contribution in [0.5, 0.6) is 11.5 Å². The van der Waals surface area contributed by atoms with Crippen molar-refractivity contribution in [3.8, 4) is 17.2 Å². The first-order valence-corrected chi connectivity index (χ1v) is 10.1. The number of aromatic amines is 1. The summed E-state index contributed by atoms with van der Waals surface area (Å²) in [6.07, 6.45) is 1.79. The molecule has 0 saturated carbocycles. The Morgan fingerprint density at radius 1 is 1.16 bits per heavy atom. The van der Waals surface area contributed by atoms with Gasteiger partial charge in [-0.15, -0.1) is 0 Å². The number of benzene rings is 2. The summed E-state index contributed by atoms with van der Waals surface area (Å²) >= 11 is 6.15. The van der Waals surface area contributed by atoms with Gasteiger partial charge in [0.25, 0.3) is 5.56 Å². The molecule has 0 atom stereocenters. The molecule has 2 aromatic heterocycles. The molecule has 0 radical (unpaired) electrons. The Morgan fingerprint density at radius 2 is 1.91 bits per heavy atom. The lowest BCUT2D eigenvalue weighted by Gasteiger charge is -2.13. The lowest BCUT2D eigenvalue weighted by atomic mass is 10.2. The van der Waals surface area contributed by atoms with Crippen LogP contribution in [0.15, 0.2) is 53.5 Å². The quantitative estimate of drug-likeness (QED) is 0.444. The van der Waals surface area contributed by atoms with E-state index in [0.29, 0.717) is 39.1 Å². The van der Waals surface area contributed by atoms with E-state index in [1.54, 1.807) is 16.8 Å². The van der Waals surface area contributed by atoms with Gasteiger partial charge in [0.2, 0.25) is 5.91 Å². The fourth-order valence-electron chi connectivity index (χ4n) is 3.24. The van der Waals surface area contributed by atoms with Gasteiger partial charge in [-0.25, -0.2) is 9.67 Å². The van der Waals surface area contributed by atoms with E-state index in [-0.39, 0.29) is 24.3 Å². The molecule has 0 saturated heterocycles. The minimum absolute atomic E-state index is 0.0841. The molecule has 1 amide bonds. The second-order valence-corrected chi connectivity index (χ2v) is 7.28. The van der Waals surface area contributed by atoms with Gasteiger partial charge < -0.3 is 19.8 Å². The van der Waals surface area contributed by atoms with Crippen LogP contribution in [-0.4, -0.2) is 39.9 Å². The molecule has 0 bridgehead atoms. The minimum atomic E-state index is -0.309. The number of halogens is 1. The van der Waals surface area contributed by atoms with Crippen molar-refractivity contribution < 1.29 is 14.3 Å². The fraction of sp³-hybridized carbons (Fsp3) is 0.182. The highest BCUT2D eigenvalue weighted by Crippen LogP contribution is 2.35. The zero-order valence-electron chi connectivity index (χ0n) is 17.4. The number of aromatic nitrogens is 4. The highest BCUT2D eigenvalue weighted by atomic mass is 35.5. The largest absolute Gasteiger partial charge is 0.495 e. The Kier molecular flexibility index (Phi) is 6.09. The fourth-order valence-corrected chi connectivity index (χ4v) is 3.48. The number of rotatable bonds is 7. The van der Waals surface area contributed by atoms with Crippen LogP contribution in [0, 0.1) is 0 Å². The van der Waals surface area contributed by atoms with Crippen LogP contribution in [0.25, 0.3) is 16.7 Å². The lowest BCUT2D eigenvalue weighted by Crippen LogP contribution is -2.17. The molecule has 0 aliphatic heterocycles. The van der Waals surface area contributed by atoms with Crippen molar-refractivity contribution in [1.82, 2.24) is 19.7 Å². The summed E-state index contributed by atoms with van der Waals surface area (Å²) in [5.74, 6) is 0.949. The van der Waals surface area contributed by atoms with Crippen LogP contribution in [0.2, 0.25) is 5.02 Å². The molecule has 4 rings (SSSR count). The second-order valence-electron chi connectivity index (χ2n) is 6.88. The standard InChI is InChI=1S/C22H20ClN5O4/c1-31-17-11-18(32-2)16(10-15(17)23)25-20(29)9-8-19-26-21-14(22(30)27-19)12-24-28(21)13-6-4-3-5-7-13/h3-7,10-12H,8-9H2,1-2H3,(H,25,29)(H,26,27,30). The van der Waals surface area contributed by atoms with E-state index in [4.69, 9.17) is 21.1 Å². The molecule has 0 aliphatic rings. The van der Waals surface area contributed by atoms with Gasteiger partial charge in [0.1, 0.15) is 22.7 Å². The zero-order valence-corrected chi connectivity index (χ0v) is 18.1. The third kappa shape index (κ3) is 4.28. The highest BCUT2D eigenvalue weighted by Gasteiger charge is 2.15. The van der Waals surface area contributed by atoms with Crippen LogP contribution < -0.4 is 20.3 Å². The third-order valence-corrected chi connectivity index (χ3v) is 5.12. The molecule has 9 nitrogen and oxygen atoms in total. The maximum absolute atomic E-state index is 12.5. The number of para-hydroxylation sites is 1. The SMILES string of the molecule is COc1cc(OC)c(NC(=O)CCc2nc3c(cnn3-c3ccccc3)c(=O)[nH]2)cc1Cl. The summed E-state index contributed by atoms with van der Waals surface area (Å²) in [6.45, 7) is 0. The van der Waals surface area contributed by atoms with Gasteiger partial charge in [-0.05, 0) is 18.2 Å². The maximum Gasteiger partial charge on any atom is 0.262 e. The molecule has 2 N–H and O–H groups in total. The van der Waals surface area contributed by atoms with Crippen LogP contribution in [-0.2, 0) is 11.2 Å². The van der Waals surface area contributed by atoms with Crippen LogP contribution in [0.1, 0.15) is 12.2 Å². The van der Waals surface area contributed by atoms with Crippen LogP contribution >= 0.6 is 11.6 Å². The van der Waals surface area contributed by atoms with Gasteiger partial charge in [0, 0.05) is 18.9 Å². The molecule has 10 heteroatoms. The van der Waals surface area contributed by atoms with Gasteiger partial charge in [0.05, 0.1) is 36.8 Å². The highest BCUT2D eigenvalue weighted by molar-refractivity contribution is 6.32. The molecule has 0 aliphatic carbocycles. The van der Waals surface area contributed by atoms with E-state index < -0.39 is 0 Å². The zero-order chi connectivity index (χ0) is 22.7. The molecular formula is C22H20ClN5O4. The molecule has 0 unspecified atom stereocenters. The number of nitrogens with zero attached hydrogens (tertiary/aromatic N) is 3. The van der Waals surface area contributed by atoms with Crippen molar-refractivity contribution >= 4 is 34.2 Å². The second kappa shape index (κ2) is 9.11. The number of methoxy groups -OCH3 is 2. The predicted molar refractivity (Wildman–Crippen MR) is 121 cm³/mol. The van der Waals surface area contributed by atoms with Crippen molar-refractivity contribution in [3.63, 3.8) is 0 Å². The summed E-state index contributed by atoms with van der Waals surface area (Å²) in [5, 5.41) is 7.76. The summed E-state index contributed by atoms with van der Waals surface area (Å²) < 4.78 is 12.0. The number of aryl methyl sites for hydroxylation is 1. The summed E-state index contributed by atoms with van der Waals surface area (Å²) in [5.41, 5.74) is 1.32. The van der Waals surface area contributed by atoms with Crippen molar-refractivity contribution in [1.29, 1.82) is 0 Å². The topological polar surface area (TPSA) is 111 Å². The number of nitrogens with one attached hydrogen (secondary N) is 2. The van der Waals surface area contributed by atoms with Crippen LogP contribution in [0.3, 0.4) is 0 Å². The molecule has 32 heavy (non-hydrogen) atoms. The molecule has 164 valence electrons. The van der Waals surface area contributed by atoms with Gasteiger partial charge in [-0.1, -0.05) is 29.8 Å². The minimum Gasteiger partial charge on any atom is -0.495 e. The Morgan fingerprint density at radius 3 is 2.62 bits per heavy atom. The normalized spacial score (nSPS) is 10.8. The number of fused-ring (bicyclic) bond motifs is 1. The van der Waals surface area contributed by atoms with Crippen LogP contribution in [0.4, 0.5) is 5.69 Å². The average molecular weight is 454 g/mol. The smallest absolute Gasteiger partial charge is 0.262 e. The van der Waals surface area contributed by atoms with E-state index in [2.05, 4.69) is 20.4 Å². The summed E-state index contributed by atoms with van der Waals surface area (Å²) in [4.78, 5) is 32.2. The number of hydrogen-bond donors (Lipinski definition) is 2. The van der Waals surface area contributed by atoms with E-state index in [9.17, 15) is 9.59 Å². The molecular weight excluding hydrogens is 434 g/mol. The number of hydrogen-bond acceptors (Lipinski definition) is 6. The first-order valence-electron chi connectivity index (χ1n) is 9.74. The molecule has 2 aromatic carbocycles. The Labute approximate surface area is 188 Å². The molecule has 0 fully saturated rings. The Balaban J connectivity index is 1.53. The van der Waals surface area contributed by atoms with Crippen molar-refractivity contribution in [2.75, 3.05) is 19.5 Å². The average Bonchev–Trinajstić information content (AvgIpc) is 3.23. The monoisotopic (exact) mass is 453 g/mol. The number of anilines is 1. The van der Waals surface area contributed by atoms with Gasteiger partial charge in [-0.2, -0.15) is 5.10 Å². The molecule has 0 spiro atoms. The summed E-state index contributed by atoms with van der Waals surface area (Å²) in [6, 6.07) is 12.5. The van der Waals surface area contributed by atoms with Crippen molar-refractivity contribution in [2.45, 2.75) is 12.8 Å². The summed E-state index contributed by atoms with van der Waals surface area (Å²) in [7, 11) is 2.98.